The van der Waals surface area contributed by atoms with E-state index in [4.69, 9.17) is 15.7 Å². The second-order valence-electron chi connectivity index (χ2n) is 4.49. The highest BCUT2D eigenvalue weighted by Crippen LogP contribution is 2.16. The van der Waals surface area contributed by atoms with Crippen molar-refractivity contribution in [1.29, 1.82) is 0 Å². The molecule has 0 radical (unpaired) electrons. The van der Waals surface area contributed by atoms with E-state index < -0.39 is 5.54 Å². The molecule has 6 heteroatoms. The van der Waals surface area contributed by atoms with Crippen LogP contribution < -0.4 is 11.1 Å². The van der Waals surface area contributed by atoms with Gasteiger partial charge in [-0.2, -0.15) is 0 Å². The number of nitrogens with zero attached hydrogens (tertiary/aromatic N) is 1. The molecule has 1 aliphatic rings. The predicted molar refractivity (Wildman–Crippen MR) is 59.2 cm³/mol. The van der Waals surface area contributed by atoms with Gasteiger partial charge in [0, 0.05) is 19.1 Å². The first-order valence-corrected chi connectivity index (χ1v) is 5.35. The molecule has 0 unspecified atom stereocenters. The Hall–Kier alpha value is -1.30. The lowest BCUT2D eigenvalue weighted by atomic mass is 9.96. The van der Waals surface area contributed by atoms with Crippen molar-refractivity contribution in [2.24, 2.45) is 16.8 Å². The van der Waals surface area contributed by atoms with Gasteiger partial charge in [0.05, 0.1) is 5.54 Å². The Morgan fingerprint density at radius 1 is 1.50 bits per heavy atom. The Balaban J connectivity index is 2.55. The molecule has 4 N–H and O–H groups in total. The van der Waals surface area contributed by atoms with Crippen molar-refractivity contribution in [3.05, 3.63) is 0 Å². The summed E-state index contributed by atoms with van der Waals surface area (Å²) in [6, 6.07) is 0. The molecular weight excluding hydrogens is 210 g/mol. The third-order valence-electron chi connectivity index (χ3n) is 2.78. The van der Waals surface area contributed by atoms with E-state index in [0.29, 0.717) is 13.2 Å². The molecule has 0 aliphatic carbocycles. The number of carbonyl (C=O) groups is 1. The van der Waals surface area contributed by atoms with Gasteiger partial charge in [-0.05, 0) is 26.7 Å². The maximum atomic E-state index is 11.9. The number of hydrogen-bond donors (Lipinski definition) is 3. The van der Waals surface area contributed by atoms with Crippen molar-refractivity contribution >= 4 is 11.7 Å². The number of amides is 1. The standard InChI is InChI=1S/C10H19N3O3/c1-10(2,9(11)13-15)12-8(14)7-3-5-16-6-4-7/h7,15H,3-6H2,1-2H3,(H2,11,13)(H,12,14). The van der Waals surface area contributed by atoms with E-state index in [2.05, 4.69) is 10.5 Å². The fourth-order valence-electron chi connectivity index (χ4n) is 1.56. The molecular formula is C10H19N3O3. The lowest BCUT2D eigenvalue weighted by Gasteiger charge is -2.28. The smallest absolute Gasteiger partial charge is 0.224 e. The SMILES string of the molecule is CC(C)(NC(=O)C1CCOCC1)C(N)=NO. The monoisotopic (exact) mass is 229 g/mol. The van der Waals surface area contributed by atoms with Gasteiger partial charge in [-0.15, -0.1) is 0 Å². The van der Waals surface area contributed by atoms with E-state index >= 15 is 0 Å². The molecule has 0 atom stereocenters. The summed E-state index contributed by atoms with van der Waals surface area (Å²) in [6.07, 6.45) is 1.44. The molecule has 16 heavy (non-hydrogen) atoms. The molecule has 0 spiro atoms. The first-order chi connectivity index (χ1) is 7.47. The number of rotatable bonds is 3. The van der Waals surface area contributed by atoms with Gasteiger partial charge in [-0.3, -0.25) is 4.79 Å². The molecule has 1 heterocycles. The van der Waals surface area contributed by atoms with Gasteiger partial charge in [0.15, 0.2) is 5.84 Å². The topological polar surface area (TPSA) is 96.9 Å². The normalized spacial score (nSPS) is 19.5. The number of nitrogens with one attached hydrogen (secondary N) is 1. The Morgan fingerprint density at radius 2 is 2.06 bits per heavy atom. The van der Waals surface area contributed by atoms with Crippen LogP contribution in [0.1, 0.15) is 26.7 Å². The zero-order chi connectivity index (χ0) is 12.2. The van der Waals surface area contributed by atoms with Crippen molar-refractivity contribution in [3.8, 4) is 0 Å². The molecule has 0 aromatic heterocycles. The van der Waals surface area contributed by atoms with Crippen LogP contribution in [0.25, 0.3) is 0 Å². The molecule has 0 aromatic carbocycles. The van der Waals surface area contributed by atoms with Crippen LogP contribution in [-0.4, -0.2) is 35.7 Å². The van der Waals surface area contributed by atoms with Gasteiger partial charge in [-0.1, -0.05) is 5.16 Å². The average molecular weight is 229 g/mol. The van der Waals surface area contributed by atoms with E-state index in [9.17, 15) is 4.79 Å². The van der Waals surface area contributed by atoms with Crippen LogP contribution in [0, 0.1) is 5.92 Å². The first kappa shape index (κ1) is 12.8. The van der Waals surface area contributed by atoms with Crippen LogP contribution in [-0.2, 0) is 9.53 Å². The first-order valence-electron chi connectivity index (χ1n) is 5.35. The quantitative estimate of drug-likeness (QED) is 0.276. The van der Waals surface area contributed by atoms with Gasteiger partial charge in [-0.25, -0.2) is 0 Å². The number of nitrogens with two attached hydrogens (primary N) is 1. The fraction of sp³-hybridized carbons (Fsp3) is 0.800. The number of ether oxygens (including phenoxy) is 1. The Morgan fingerprint density at radius 3 is 2.56 bits per heavy atom. The predicted octanol–water partition coefficient (Wildman–Crippen LogP) is 0.0542. The summed E-state index contributed by atoms with van der Waals surface area (Å²) in [6.45, 7) is 4.61. The van der Waals surface area contributed by atoms with E-state index in [1.165, 1.54) is 0 Å². The molecule has 0 aromatic rings. The summed E-state index contributed by atoms with van der Waals surface area (Å²) in [4.78, 5) is 11.9. The van der Waals surface area contributed by atoms with Gasteiger partial charge in [0.2, 0.25) is 5.91 Å². The number of hydrogen-bond acceptors (Lipinski definition) is 4. The largest absolute Gasteiger partial charge is 0.409 e. The minimum absolute atomic E-state index is 0.00657. The summed E-state index contributed by atoms with van der Waals surface area (Å²) in [5.74, 6) is -0.118. The summed E-state index contributed by atoms with van der Waals surface area (Å²) in [5, 5.41) is 14.3. The second-order valence-corrected chi connectivity index (χ2v) is 4.49. The minimum atomic E-state index is -0.829. The Bertz CT molecular complexity index is 283. The maximum Gasteiger partial charge on any atom is 0.224 e. The molecule has 0 bridgehead atoms. The van der Waals surface area contributed by atoms with Crippen LogP contribution in [0.5, 0.6) is 0 Å². The molecule has 1 aliphatic heterocycles. The highest BCUT2D eigenvalue weighted by atomic mass is 16.5. The lowest BCUT2D eigenvalue weighted by molar-refractivity contribution is -0.128. The lowest BCUT2D eigenvalue weighted by Crippen LogP contribution is -2.55. The van der Waals surface area contributed by atoms with Crippen LogP contribution in [0.2, 0.25) is 0 Å². The molecule has 0 saturated carbocycles. The van der Waals surface area contributed by atoms with Crippen LogP contribution in [0.3, 0.4) is 0 Å². The van der Waals surface area contributed by atoms with Gasteiger partial charge >= 0.3 is 0 Å². The third kappa shape index (κ3) is 3.10. The molecule has 1 saturated heterocycles. The van der Waals surface area contributed by atoms with Crippen molar-refractivity contribution in [2.75, 3.05) is 13.2 Å². The Labute approximate surface area is 94.8 Å². The minimum Gasteiger partial charge on any atom is -0.409 e. The van der Waals surface area contributed by atoms with E-state index in [1.807, 2.05) is 0 Å². The van der Waals surface area contributed by atoms with E-state index in [1.54, 1.807) is 13.8 Å². The second kappa shape index (κ2) is 5.16. The summed E-state index contributed by atoms with van der Waals surface area (Å²) >= 11 is 0. The summed E-state index contributed by atoms with van der Waals surface area (Å²) in [7, 11) is 0. The maximum absolute atomic E-state index is 11.9. The average Bonchev–Trinajstić information content (AvgIpc) is 2.28. The highest BCUT2D eigenvalue weighted by molar-refractivity contribution is 5.93. The summed E-state index contributed by atoms with van der Waals surface area (Å²) in [5.41, 5.74) is 4.66. The van der Waals surface area contributed by atoms with Crippen molar-refractivity contribution in [1.82, 2.24) is 5.32 Å². The van der Waals surface area contributed by atoms with Crippen molar-refractivity contribution in [2.45, 2.75) is 32.2 Å². The highest BCUT2D eigenvalue weighted by Gasteiger charge is 2.30. The molecule has 92 valence electrons. The van der Waals surface area contributed by atoms with Gasteiger partial charge in [0.25, 0.3) is 0 Å². The number of oxime groups is 1. The molecule has 1 fully saturated rings. The third-order valence-corrected chi connectivity index (χ3v) is 2.78. The Kier molecular flexibility index (Phi) is 4.12. The fourth-order valence-corrected chi connectivity index (χ4v) is 1.56. The van der Waals surface area contributed by atoms with Crippen LogP contribution in [0.15, 0.2) is 5.16 Å². The zero-order valence-electron chi connectivity index (χ0n) is 9.69. The van der Waals surface area contributed by atoms with Crippen molar-refractivity contribution < 1.29 is 14.7 Å². The number of carbonyl (C=O) groups excluding carboxylic acids is 1. The molecule has 6 nitrogen and oxygen atoms in total. The molecule has 1 rings (SSSR count). The van der Waals surface area contributed by atoms with Crippen LogP contribution >= 0.6 is 0 Å². The molecule has 1 amide bonds. The van der Waals surface area contributed by atoms with Crippen molar-refractivity contribution in [3.63, 3.8) is 0 Å². The zero-order valence-corrected chi connectivity index (χ0v) is 9.69. The van der Waals surface area contributed by atoms with Crippen LogP contribution in [0.4, 0.5) is 0 Å². The van der Waals surface area contributed by atoms with E-state index in [0.717, 1.165) is 12.8 Å². The van der Waals surface area contributed by atoms with Gasteiger partial charge < -0.3 is 21.0 Å². The van der Waals surface area contributed by atoms with Gasteiger partial charge in [0.1, 0.15) is 0 Å². The summed E-state index contributed by atoms with van der Waals surface area (Å²) < 4.78 is 5.18. The number of amidine groups is 1. The van der Waals surface area contributed by atoms with E-state index in [-0.39, 0.29) is 17.7 Å².